The molecular formula is C21H21Cl2N3O3. The third-order valence-electron chi connectivity index (χ3n) is 5.40. The van der Waals surface area contributed by atoms with Crippen molar-refractivity contribution in [3.63, 3.8) is 0 Å². The molecule has 6 nitrogen and oxygen atoms in total. The number of benzene rings is 2. The second-order valence-electron chi connectivity index (χ2n) is 7.12. The number of hydrogen-bond acceptors (Lipinski definition) is 4. The molecule has 0 saturated carbocycles. The number of halogens is 2. The van der Waals surface area contributed by atoms with Crippen molar-refractivity contribution in [2.24, 2.45) is 0 Å². The summed E-state index contributed by atoms with van der Waals surface area (Å²) in [6.07, 6.45) is 0.287. The Morgan fingerprint density at radius 1 is 1.07 bits per heavy atom. The molecule has 2 aliphatic heterocycles. The van der Waals surface area contributed by atoms with Gasteiger partial charge in [0.15, 0.2) is 0 Å². The number of carbonyl (C=O) groups is 2. The number of nitrogens with zero attached hydrogens (tertiary/aromatic N) is 3. The summed E-state index contributed by atoms with van der Waals surface area (Å²) in [6, 6.07) is 11.0. The Labute approximate surface area is 179 Å². The number of hydrogen-bond donors (Lipinski definition) is 0. The van der Waals surface area contributed by atoms with Crippen molar-refractivity contribution in [2.45, 2.75) is 6.42 Å². The lowest BCUT2D eigenvalue weighted by atomic mass is 10.2. The van der Waals surface area contributed by atoms with Crippen LogP contribution in [0.4, 0.5) is 11.4 Å². The van der Waals surface area contributed by atoms with Crippen LogP contribution < -0.4 is 14.5 Å². The van der Waals surface area contributed by atoms with Crippen LogP contribution in [0.5, 0.6) is 5.75 Å². The molecule has 2 aromatic carbocycles. The van der Waals surface area contributed by atoms with Gasteiger partial charge in [0, 0.05) is 48.6 Å². The molecule has 1 saturated heterocycles. The molecule has 0 radical (unpaired) electrons. The lowest BCUT2D eigenvalue weighted by Gasteiger charge is -2.37. The quantitative estimate of drug-likeness (QED) is 0.742. The van der Waals surface area contributed by atoms with E-state index in [0.717, 1.165) is 16.9 Å². The fraction of sp³-hybridized carbons (Fsp3) is 0.333. The van der Waals surface area contributed by atoms with Gasteiger partial charge in [-0.05, 0) is 35.9 Å². The molecule has 2 heterocycles. The van der Waals surface area contributed by atoms with E-state index in [-0.39, 0.29) is 24.8 Å². The van der Waals surface area contributed by atoms with Crippen LogP contribution in [-0.2, 0) is 16.0 Å². The minimum atomic E-state index is -0.0671. The van der Waals surface area contributed by atoms with Gasteiger partial charge in [0.2, 0.25) is 11.8 Å². The highest BCUT2D eigenvalue weighted by molar-refractivity contribution is 6.32. The van der Waals surface area contributed by atoms with Gasteiger partial charge in [0.25, 0.3) is 0 Å². The number of anilines is 2. The molecule has 0 N–H and O–H groups in total. The third kappa shape index (κ3) is 4.00. The first-order valence-corrected chi connectivity index (χ1v) is 10.2. The normalized spacial score (nSPS) is 16.2. The molecule has 0 unspecified atom stereocenters. The van der Waals surface area contributed by atoms with E-state index < -0.39 is 0 Å². The summed E-state index contributed by atoms with van der Waals surface area (Å²) in [4.78, 5) is 30.7. The SMILES string of the molecule is COc1cc(N2CCN(C(=O)CN3C(=O)Cc4cc(Cl)ccc43)CC2)ccc1Cl. The monoisotopic (exact) mass is 433 g/mol. The van der Waals surface area contributed by atoms with Crippen molar-refractivity contribution in [1.82, 2.24) is 4.90 Å². The van der Waals surface area contributed by atoms with Gasteiger partial charge in [0.1, 0.15) is 12.3 Å². The molecule has 0 atom stereocenters. The van der Waals surface area contributed by atoms with E-state index in [1.54, 1.807) is 24.1 Å². The number of piperazine rings is 1. The van der Waals surface area contributed by atoms with Crippen LogP contribution in [0.2, 0.25) is 10.0 Å². The molecule has 152 valence electrons. The van der Waals surface area contributed by atoms with Crippen molar-refractivity contribution in [3.05, 3.63) is 52.0 Å². The number of fused-ring (bicyclic) bond motifs is 1. The highest BCUT2D eigenvalue weighted by Gasteiger charge is 2.31. The minimum Gasteiger partial charge on any atom is -0.495 e. The molecule has 0 spiro atoms. The fourth-order valence-corrected chi connectivity index (χ4v) is 4.21. The van der Waals surface area contributed by atoms with E-state index in [4.69, 9.17) is 27.9 Å². The van der Waals surface area contributed by atoms with Gasteiger partial charge in [-0.2, -0.15) is 0 Å². The number of rotatable bonds is 4. The van der Waals surface area contributed by atoms with Crippen LogP contribution in [0.1, 0.15) is 5.56 Å². The summed E-state index contributed by atoms with van der Waals surface area (Å²) in [6.45, 7) is 2.66. The van der Waals surface area contributed by atoms with E-state index in [9.17, 15) is 9.59 Å². The van der Waals surface area contributed by atoms with E-state index >= 15 is 0 Å². The van der Waals surface area contributed by atoms with Crippen LogP contribution >= 0.6 is 23.2 Å². The van der Waals surface area contributed by atoms with Crippen LogP contribution in [0.3, 0.4) is 0 Å². The third-order valence-corrected chi connectivity index (χ3v) is 5.95. The first-order chi connectivity index (χ1) is 14.0. The zero-order valence-electron chi connectivity index (χ0n) is 16.0. The maximum Gasteiger partial charge on any atom is 0.242 e. The average molecular weight is 434 g/mol. The maximum absolute atomic E-state index is 12.8. The largest absolute Gasteiger partial charge is 0.495 e. The zero-order valence-corrected chi connectivity index (χ0v) is 17.5. The van der Waals surface area contributed by atoms with Crippen LogP contribution in [0, 0.1) is 0 Å². The summed E-state index contributed by atoms with van der Waals surface area (Å²) in [7, 11) is 1.59. The molecule has 0 aliphatic carbocycles. The predicted octanol–water partition coefficient (Wildman–Crippen LogP) is 3.24. The molecule has 2 aromatic rings. The second-order valence-corrected chi connectivity index (χ2v) is 7.96. The number of ether oxygens (including phenoxy) is 1. The van der Waals surface area contributed by atoms with Crippen LogP contribution in [0.25, 0.3) is 0 Å². The molecule has 4 rings (SSSR count). The Kier molecular flexibility index (Phi) is 5.56. The predicted molar refractivity (Wildman–Crippen MR) is 114 cm³/mol. The van der Waals surface area contributed by atoms with Crippen LogP contribution in [0.15, 0.2) is 36.4 Å². The molecule has 0 aromatic heterocycles. The lowest BCUT2D eigenvalue weighted by molar-refractivity contribution is -0.131. The fourth-order valence-electron chi connectivity index (χ4n) is 3.82. The van der Waals surface area contributed by atoms with Crippen molar-refractivity contribution in [1.29, 1.82) is 0 Å². The Bertz CT molecular complexity index is 958. The van der Waals surface area contributed by atoms with Crippen molar-refractivity contribution in [3.8, 4) is 5.75 Å². The standard InChI is InChI=1S/C21H21Cl2N3O3/c1-29-19-12-16(3-4-17(19)23)24-6-8-25(9-7-24)21(28)13-26-18-5-2-15(22)10-14(18)11-20(26)27/h2-5,10,12H,6-9,11,13H2,1H3. The van der Waals surface area contributed by atoms with E-state index in [0.29, 0.717) is 42.0 Å². The number of carbonyl (C=O) groups excluding carboxylic acids is 2. The van der Waals surface area contributed by atoms with Crippen molar-refractivity contribution < 1.29 is 14.3 Å². The minimum absolute atomic E-state index is 0.0468. The van der Waals surface area contributed by atoms with Gasteiger partial charge in [-0.15, -0.1) is 0 Å². The van der Waals surface area contributed by atoms with Gasteiger partial charge >= 0.3 is 0 Å². The molecule has 0 bridgehead atoms. The molecule has 1 fully saturated rings. The molecular weight excluding hydrogens is 413 g/mol. The Morgan fingerprint density at radius 3 is 2.55 bits per heavy atom. The summed E-state index contributed by atoms with van der Waals surface area (Å²) in [5.74, 6) is 0.519. The molecule has 29 heavy (non-hydrogen) atoms. The van der Waals surface area contributed by atoms with Gasteiger partial charge in [-0.25, -0.2) is 0 Å². The van der Waals surface area contributed by atoms with Crippen molar-refractivity contribution in [2.75, 3.05) is 49.6 Å². The summed E-state index contributed by atoms with van der Waals surface area (Å²) in [5, 5.41) is 1.17. The van der Waals surface area contributed by atoms with E-state index in [2.05, 4.69) is 4.90 Å². The maximum atomic E-state index is 12.8. The highest BCUT2D eigenvalue weighted by Crippen LogP contribution is 2.32. The first kappa shape index (κ1) is 19.9. The first-order valence-electron chi connectivity index (χ1n) is 9.41. The van der Waals surface area contributed by atoms with E-state index in [1.165, 1.54) is 0 Å². The van der Waals surface area contributed by atoms with Gasteiger partial charge in [-0.1, -0.05) is 23.2 Å². The Morgan fingerprint density at radius 2 is 1.83 bits per heavy atom. The topological polar surface area (TPSA) is 53.1 Å². The van der Waals surface area contributed by atoms with Gasteiger partial charge in [-0.3, -0.25) is 9.59 Å². The molecule has 2 amide bonds. The summed E-state index contributed by atoms with van der Waals surface area (Å²) in [5.41, 5.74) is 2.66. The van der Waals surface area contributed by atoms with Crippen LogP contribution in [-0.4, -0.2) is 56.5 Å². The molecule has 8 heteroatoms. The highest BCUT2D eigenvalue weighted by atomic mass is 35.5. The average Bonchev–Trinajstić information content (AvgIpc) is 3.02. The lowest BCUT2D eigenvalue weighted by Crippen LogP contribution is -2.51. The summed E-state index contributed by atoms with van der Waals surface area (Å²) < 4.78 is 5.29. The Balaban J connectivity index is 1.38. The van der Waals surface area contributed by atoms with E-state index in [1.807, 2.05) is 29.2 Å². The van der Waals surface area contributed by atoms with Crippen molar-refractivity contribution >= 4 is 46.4 Å². The zero-order chi connectivity index (χ0) is 20.5. The second kappa shape index (κ2) is 8.13. The number of amides is 2. The smallest absolute Gasteiger partial charge is 0.242 e. The van der Waals surface area contributed by atoms with Gasteiger partial charge < -0.3 is 19.4 Å². The summed E-state index contributed by atoms with van der Waals surface area (Å²) >= 11 is 12.1. The Hall–Kier alpha value is -2.44. The van der Waals surface area contributed by atoms with Gasteiger partial charge in [0.05, 0.1) is 18.6 Å². The molecule has 2 aliphatic rings. The number of methoxy groups -OCH3 is 1.